The van der Waals surface area contributed by atoms with Crippen LogP contribution in [0.4, 0.5) is 0 Å². The minimum Gasteiger partial charge on any atom is -0.468 e. The van der Waals surface area contributed by atoms with Crippen molar-refractivity contribution in [2.75, 3.05) is 38.8 Å². The van der Waals surface area contributed by atoms with Gasteiger partial charge in [0.25, 0.3) is 0 Å². The van der Waals surface area contributed by atoms with Gasteiger partial charge in [0, 0.05) is 12.1 Å². The summed E-state index contributed by atoms with van der Waals surface area (Å²) in [6.07, 6.45) is 2.58. The molecular weight excluding hydrogens is 388 g/mol. The van der Waals surface area contributed by atoms with Crippen LogP contribution in [0.2, 0.25) is 0 Å². The van der Waals surface area contributed by atoms with Gasteiger partial charge in [0.15, 0.2) is 0 Å². The molecule has 4 N–H and O–H groups in total. The zero-order valence-corrected chi connectivity index (χ0v) is 18.0. The fraction of sp³-hybridized carbons (Fsp3) is 0.706. The molecule has 0 saturated heterocycles. The van der Waals surface area contributed by atoms with Gasteiger partial charge in [0.2, 0.25) is 23.6 Å². The predicted octanol–water partition coefficient (Wildman–Crippen LogP) is 0.166. The number of nitrogens with one attached hydrogen (secondary N) is 4. The lowest BCUT2D eigenvalue weighted by atomic mass is 10.2. The van der Waals surface area contributed by atoms with Gasteiger partial charge in [-0.15, -0.1) is 0 Å². The topological polar surface area (TPSA) is 143 Å². The summed E-state index contributed by atoms with van der Waals surface area (Å²) in [4.78, 5) is 57.5. The van der Waals surface area contributed by atoms with E-state index in [4.69, 9.17) is 0 Å². The van der Waals surface area contributed by atoms with Crippen molar-refractivity contribution in [3.63, 3.8) is 0 Å². The van der Waals surface area contributed by atoms with E-state index in [1.165, 1.54) is 18.9 Å². The average molecular weight is 429 g/mol. The third-order valence-electron chi connectivity index (χ3n) is 3.11. The maximum absolute atomic E-state index is 12.1. The molecule has 0 aromatic rings. The highest BCUT2D eigenvalue weighted by Crippen LogP contribution is 2.01. The van der Waals surface area contributed by atoms with Crippen LogP contribution in [-0.4, -0.2) is 74.4 Å². The lowest BCUT2D eigenvalue weighted by Crippen LogP contribution is -2.49. The summed E-state index contributed by atoms with van der Waals surface area (Å²) in [5, 5.41) is 9.59. The van der Waals surface area contributed by atoms with Crippen LogP contribution in [-0.2, 0) is 28.7 Å². The molecule has 0 bridgehead atoms. The first-order valence-electron chi connectivity index (χ1n) is 9.00. The Morgan fingerprint density at radius 3 is 1.96 bits per heavy atom. The fourth-order valence-electron chi connectivity index (χ4n) is 1.64. The summed E-state index contributed by atoms with van der Waals surface area (Å²) >= 11 is 1.54. The van der Waals surface area contributed by atoms with Crippen LogP contribution in [0.25, 0.3) is 0 Å². The number of esters is 1. The highest BCUT2D eigenvalue weighted by molar-refractivity contribution is 7.98. The van der Waals surface area contributed by atoms with Crippen LogP contribution in [0.5, 0.6) is 0 Å². The molecule has 0 aliphatic rings. The number of ether oxygens (including phenoxy) is 1. The number of rotatable bonds is 12. The highest BCUT2D eigenvalue weighted by Gasteiger charge is 2.20. The van der Waals surface area contributed by atoms with E-state index in [1.54, 1.807) is 6.92 Å². The molecule has 28 heavy (non-hydrogen) atoms. The van der Waals surface area contributed by atoms with Crippen LogP contribution >= 0.6 is 11.8 Å². The van der Waals surface area contributed by atoms with Gasteiger partial charge in [-0.1, -0.05) is 20.8 Å². The molecule has 0 aliphatic heterocycles. The number of thioether (sulfide) groups is 1. The molecule has 1 atom stereocenters. The molecule has 0 unspecified atom stereocenters. The van der Waals surface area contributed by atoms with E-state index in [-0.39, 0.29) is 37.7 Å². The first kappa shape index (κ1) is 27.9. The summed E-state index contributed by atoms with van der Waals surface area (Å²) in [7, 11) is 1.19. The first-order valence-corrected chi connectivity index (χ1v) is 10.4. The number of hydrogen-bond donors (Lipinski definition) is 4. The van der Waals surface area contributed by atoms with Gasteiger partial charge in [-0.3, -0.25) is 24.0 Å². The summed E-state index contributed by atoms with van der Waals surface area (Å²) < 4.78 is 4.36. The van der Waals surface area contributed by atoms with Crippen molar-refractivity contribution in [3.05, 3.63) is 0 Å². The minimum absolute atomic E-state index is 0. The Kier molecular flexibility index (Phi) is 18.0. The van der Waals surface area contributed by atoms with Crippen LogP contribution in [0, 0.1) is 0 Å². The SMILES string of the molecule is CC.CCC(=O)N[C@@H](CCSC)C(=O)NCC(=O)NCC(=O)NCC(=O)OC.[HH].[HH].[HH].[HH]. The van der Waals surface area contributed by atoms with Crippen molar-refractivity contribution < 1.29 is 34.4 Å². The van der Waals surface area contributed by atoms with Gasteiger partial charge in [-0.2, -0.15) is 11.8 Å². The van der Waals surface area contributed by atoms with Crippen molar-refractivity contribution in [2.24, 2.45) is 0 Å². The number of methoxy groups -OCH3 is 1. The maximum atomic E-state index is 12.1. The smallest absolute Gasteiger partial charge is 0.325 e. The molecule has 0 heterocycles. The monoisotopic (exact) mass is 428 g/mol. The molecule has 10 nitrogen and oxygen atoms in total. The Balaban J connectivity index is -0.000000273. The zero-order valence-electron chi connectivity index (χ0n) is 17.2. The first-order chi connectivity index (χ1) is 13.3. The van der Waals surface area contributed by atoms with Gasteiger partial charge >= 0.3 is 5.97 Å². The van der Waals surface area contributed by atoms with E-state index < -0.39 is 29.7 Å². The van der Waals surface area contributed by atoms with Crippen molar-refractivity contribution >= 4 is 41.4 Å². The summed E-state index contributed by atoms with van der Waals surface area (Å²) in [6.45, 7) is 4.71. The second-order valence-electron chi connectivity index (χ2n) is 5.10. The Labute approximate surface area is 176 Å². The van der Waals surface area contributed by atoms with E-state index in [1.807, 2.05) is 20.1 Å². The maximum Gasteiger partial charge on any atom is 0.325 e. The molecule has 0 rings (SSSR count). The average Bonchev–Trinajstić information content (AvgIpc) is 2.72. The molecule has 0 spiro atoms. The van der Waals surface area contributed by atoms with Crippen molar-refractivity contribution in [1.82, 2.24) is 21.3 Å². The molecule has 0 radical (unpaired) electrons. The standard InChI is InChI=1S/C15H26N4O6S.C2H6.4H2/c1-4-11(20)19-10(5-6-26-3)15(24)18-8-13(22)16-7-12(21)17-9-14(23)25-2;1-2;;;;/h10H,4-9H2,1-3H3,(H,16,22)(H,17,21)(H,18,24)(H,19,20);1-2H3;4*1H/t10-;;;;;/m0...../s1. The summed E-state index contributed by atoms with van der Waals surface area (Å²) in [5.74, 6) is -1.79. The predicted molar refractivity (Wildman–Crippen MR) is 116 cm³/mol. The fourth-order valence-corrected chi connectivity index (χ4v) is 2.11. The van der Waals surface area contributed by atoms with Crippen LogP contribution in [0.15, 0.2) is 0 Å². The van der Waals surface area contributed by atoms with Crippen LogP contribution in [0.1, 0.15) is 39.3 Å². The second kappa shape index (κ2) is 18.1. The molecular formula is C17H40N4O6S. The van der Waals surface area contributed by atoms with E-state index >= 15 is 0 Å². The Hall–Kier alpha value is -2.30. The Morgan fingerprint density at radius 2 is 1.46 bits per heavy atom. The Bertz CT molecular complexity index is 533. The largest absolute Gasteiger partial charge is 0.468 e. The Morgan fingerprint density at radius 1 is 0.929 bits per heavy atom. The molecule has 0 fully saturated rings. The molecule has 170 valence electrons. The zero-order chi connectivity index (χ0) is 21.9. The molecule has 0 aromatic carbocycles. The van der Waals surface area contributed by atoms with E-state index in [9.17, 15) is 24.0 Å². The van der Waals surface area contributed by atoms with E-state index in [0.717, 1.165) is 0 Å². The minimum atomic E-state index is -0.717. The van der Waals surface area contributed by atoms with E-state index in [2.05, 4.69) is 26.0 Å². The molecule has 0 saturated carbocycles. The van der Waals surface area contributed by atoms with Gasteiger partial charge in [0.05, 0.1) is 20.2 Å². The van der Waals surface area contributed by atoms with Crippen LogP contribution in [0.3, 0.4) is 0 Å². The lowest BCUT2D eigenvalue weighted by molar-refractivity contribution is -0.141. The van der Waals surface area contributed by atoms with Gasteiger partial charge < -0.3 is 26.0 Å². The van der Waals surface area contributed by atoms with Gasteiger partial charge in [-0.05, 0) is 18.4 Å². The summed E-state index contributed by atoms with van der Waals surface area (Å²) in [5.41, 5.74) is 0. The normalized spacial score (nSPS) is 10.5. The number of amides is 4. The molecule has 11 heteroatoms. The number of carbonyl (C=O) groups excluding carboxylic acids is 5. The van der Waals surface area contributed by atoms with Gasteiger partial charge in [-0.25, -0.2) is 0 Å². The summed E-state index contributed by atoms with van der Waals surface area (Å²) in [6, 6.07) is -0.717. The number of hydrogen-bond acceptors (Lipinski definition) is 7. The molecule has 0 aromatic heterocycles. The lowest BCUT2D eigenvalue weighted by Gasteiger charge is -2.17. The van der Waals surface area contributed by atoms with Crippen molar-refractivity contribution in [2.45, 2.75) is 39.7 Å². The van der Waals surface area contributed by atoms with Gasteiger partial charge in [0.1, 0.15) is 12.6 Å². The van der Waals surface area contributed by atoms with E-state index in [0.29, 0.717) is 12.2 Å². The molecule has 4 amide bonds. The third kappa shape index (κ3) is 14.8. The van der Waals surface area contributed by atoms with Crippen molar-refractivity contribution in [3.8, 4) is 0 Å². The van der Waals surface area contributed by atoms with Crippen LogP contribution < -0.4 is 21.3 Å². The highest BCUT2D eigenvalue weighted by atomic mass is 32.2. The second-order valence-corrected chi connectivity index (χ2v) is 6.09. The quantitative estimate of drug-likeness (QED) is 0.324. The molecule has 0 aliphatic carbocycles. The number of carbonyl (C=O) groups is 5. The third-order valence-corrected chi connectivity index (χ3v) is 3.75. The van der Waals surface area contributed by atoms with Crippen molar-refractivity contribution in [1.29, 1.82) is 0 Å².